The highest BCUT2D eigenvalue weighted by Gasteiger charge is 2.19. The minimum Gasteiger partial charge on any atom is -0.462 e. The van der Waals surface area contributed by atoms with Gasteiger partial charge in [-0.3, -0.25) is 14.4 Å². The monoisotopic (exact) mass is 967 g/mol. The van der Waals surface area contributed by atoms with Crippen LogP contribution in [0.15, 0.2) is 48.6 Å². The lowest BCUT2D eigenvalue weighted by Gasteiger charge is -2.18. The van der Waals surface area contributed by atoms with Crippen molar-refractivity contribution < 1.29 is 28.6 Å². The first-order valence-corrected chi connectivity index (χ1v) is 30.1. The Morgan fingerprint density at radius 3 is 0.884 bits per heavy atom. The van der Waals surface area contributed by atoms with Crippen LogP contribution in [0.4, 0.5) is 0 Å². The number of carbonyl (C=O) groups is 3. The van der Waals surface area contributed by atoms with Crippen LogP contribution in [0.2, 0.25) is 0 Å². The van der Waals surface area contributed by atoms with E-state index in [1.54, 1.807) is 0 Å². The van der Waals surface area contributed by atoms with Gasteiger partial charge in [-0.25, -0.2) is 0 Å². The highest BCUT2D eigenvalue weighted by Crippen LogP contribution is 2.16. The summed E-state index contributed by atoms with van der Waals surface area (Å²) in [5.74, 6) is -0.876. The van der Waals surface area contributed by atoms with Gasteiger partial charge in [0.05, 0.1) is 0 Å². The molecule has 6 heteroatoms. The SMILES string of the molecule is CCCC/C=C\CCCCCCCC(=O)OC[C@@H](COC(=O)CCCCCCCCCCC/C=C\C/C=C\CCCCC)OC(=O)CCCCCCCCCCCCC/C=C\CCCCCCCC. The van der Waals surface area contributed by atoms with Gasteiger partial charge in [-0.15, -0.1) is 0 Å². The quantitative estimate of drug-likeness (QED) is 0.0262. The molecule has 0 aromatic carbocycles. The van der Waals surface area contributed by atoms with Crippen LogP contribution in [0.3, 0.4) is 0 Å². The van der Waals surface area contributed by atoms with Crippen LogP contribution in [-0.4, -0.2) is 37.2 Å². The molecule has 1 atom stereocenters. The summed E-state index contributed by atoms with van der Waals surface area (Å²) in [7, 11) is 0. The summed E-state index contributed by atoms with van der Waals surface area (Å²) in [5.41, 5.74) is 0. The first kappa shape index (κ1) is 66.4. The highest BCUT2D eigenvalue weighted by atomic mass is 16.6. The Morgan fingerprint density at radius 2 is 0.536 bits per heavy atom. The number of allylic oxidation sites excluding steroid dienone is 8. The van der Waals surface area contributed by atoms with Crippen LogP contribution in [0.5, 0.6) is 0 Å². The number of carbonyl (C=O) groups excluding carboxylic acids is 3. The maximum absolute atomic E-state index is 12.9. The predicted molar refractivity (Wildman–Crippen MR) is 298 cm³/mol. The van der Waals surface area contributed by atoms with Crippen LogP contribution in [0.1, 0.15) is 316 Å². The fourth-order valence-corrected chi connectivity index (χ4v) is 8.69. The molecule has 0 saturated carbocycles. The van der Waals surface area contributed by atoms with Crippen molar-refractivity contribution in [2.75, 3.05) is 13.2 Å². The van der Waals surface area contributed by atoms with Crippen molar-refractivity contribution in [3.8, 4) is 0 Å². The Balaban J connectivity index is 4.29. The van der Waals surface area contributed by atoms with Crippen LogP contribution < -0.4 is 0 Å². The molecule has 0 aliphatic carbocycles. The summed E-state index contributed by atoms with van der Waals surface area (Å²) < 4.78 is 16.9. The Bertz CT molecular complexity index is 1200. The van der Waals surface area contributed by atoms with E-state index in [2.05, 4.69) is 69.4 Å². The van der Waals surface area contributed by atoms with E-state index >= 15 is 0 Å². The van der Waals surface area contributed by atoms with E-state index in [1.807, 2.05) is 0 Å². The van der Waals surface area contributed by atoms with Gasteiger partial charge in [0.2, 0.25) is 0 Å². The summed E-state index contributed by atoms with van der Waals surface area (Å²) in [5, 5.41) is 0. The van der Waals surface area contributed by atoms with E-state index in [-0.39, 0.29) is 31.1 Å². The normalized spacial score (nSPS) is 12.3. The number of ether oxygens (including phenoxy) is 3. The van der Waals surface area contributed by atoms with E-state index in [0.717, 1.165) is 70.6 Å². The molecule has 0 aliphatic heterocycles. The fraction of sp³-hybridized carbons (Fsp3) is 0.825. The van der Waals surface area contributed by atoms with Crippen molar-refractivity contribution in [3.05, 3.63) is 48.6 Å². The third-order valence-electron chi connectivity index (χ3n) is 13.3. The molecular formula is C63H114O6. The van der Waals surface area contributed by atoms with Gasteiger partial charge in [-0.05, 0) is 96.3 Å². The smallest absolute Gasteiger partial charge is 0.306 e. The van der Waals surface area contributed by atoms with Crippen molar-refractivity contribution in [1.82, 2.24) is 0 Å². The van der Waals surface area contributed by atoms with E-state index in [9.17, 15) is 14.4 Å². The molecule has 0 unspecified atom stereocenters. The zero-order valence-electron chi connectivity index (χ0n) is 46.1. The molecule has 0 N–H and O–H groups in total. The molecule has 6 nitrogen and oxygen atoms in total. The van der Waals surface area contributed by atoms with E-state index < -0.39 is 6.10 Å². The number of hydrogen-bond acceptors (Lipinski definition) is 6. The molecule has 402 valence electrons. The predicted octanol–water partition coefficient (Wildman–Crippen LogP) is 20.2. The summed E-state index contributed by atoms with van der Waals surface area (Å²) in [6, 6.07) is 0. The number of hydrogen-bond donors (Lipinski definition) is 0. The van der Waals surface area contributed by atoms with Crippen molar-refractivity contribution in [1.29, 1.82) is 0 Å². The number of rotatable bonds is 55. The largest absolute Gasteiger partial charge is 0.462 e. The zero-order valence-corrected chi connectivity index (χ0v) is 46.1. The van der Waals surface area contributed by atoms with Gasteiger partial charge in [0.1, 0.15) is 13.2 Å². The lowest BCUT2D eigenvalue weighted by Crippen LogP contribution is -2.30. The molecule has 0 fully saturated rings. The first-order chi connectivity index (χ1) is 34.0. The third-order valence-corrected chi connectivity index (χ3v) is 13.3. The minimum atomic E-state index is -0.777. The van der Waals surface area contributed by atoms with Crippen molar-refractivity contribution in [3.63, 3.8) is 0 Å². The second-order valence-corrected chi connectivity index (χ2v) is 20.2. The molecule has 0 rings (SSSR count). The maximum atomic E-state index is 12.9. The Hall–Kier alpha value is -2.63. The molecule has 0 aromatic rings. The lowest BCUT2D eigenvalue weighted by molar-refractivity contribution is -0.167. The standard InChI is InChI=1S/C63H114O6/c1-4-7-10-13-16-19-22-24-26-28-30-31-33-35-37-39-42-45-48-51-54-57-63(66)69-60(58-67-61(64)55-52-49-46-43-40-21-18-15-12-9-6-3)59-68-62(65)56-53-50-47-44-41-38-36-34-32-29-27-25-23-20-17-14-11-8-5-2/h15,17-18,20,24-27,60H,4-14,16,19,21-23,28-59H2,1-3H3/b18-15-,20-17-,26-24-,27-25-/t60-/m0/s1. The summed E-state index contributed by atoms with van der Waals surface area (Å²) in [6.45, 7) is 6.60. The van der Waals surface area contributed by atoms with Gasteiger partial charge in [0.15, 0.2) is 6.10 Å². The maximum Gasteiger partial charge on any atom is 0.306 e. The number of unbranched alkanes of at least 4 members (excludes halogenated alkanes) is 36. The Labute approximate surface area is 428 Å². The third kappa shape index (κ3) is 56.2. The first-order valence-electron chi connectivity index (χ1n) is 30.1. The molecule has 0 aliphatic rings. The number of esters is 3. The van der Waals surface area contributed by atoms with Crippen molar-refractivity contribution in [2.24, 2.45) is 0 Å². The molecule has 0 radical (unpaired) electrons. The van der Waals surface area contributed by atoms with E-state index in [0.29, 0.717) is 19.3 Å². The molecular weight excluding hydrogens is 853 g/mol. The molecule has 0 saturated heterocycles. The van der Waals surface area contributed by atoms with Crippen LogP contribution in [0.25, 0.3) is 0 Å². The molecule has 0 spiro atoms. The van der Waals surface area contributed by atoms with Gasteiger partial charge < -0.3 is 14.2 Å². The second-order valence-electron chi connectivity index (χ2n) is 20.2. The highest BCUT2D eigenvalue weighted by molar-refractivity contribution is 5.71. The summed E-state index contributed by atoms with van der Waals surface area (Å²) in [4.78, 5) is 38.2. The Morgan fingerprint density at radius 1 is 0.290 bits per heavy atom. The van der Waals surface area contributed by atoms with Gasteiger partial charge in [0, 0.05) is 19.3 Å². The average Bonchev–Trinajstić information content (AvgIpc) is 3.35. The summed E-state index contributed by atoms with van der Waals surface area (Å²) >= 11 is 0. The molecule has 0 aromatic heterocycles. The summed E-state index contributed by atoms with van der Waals surface area (Å²) in [6.07, 6.45) is 71.1. The average molecular weight is 968 g/mol. The van der Waals surface area contributed by atoms with Gasteiger partial charge in [-0.1, -0.05) is 249 Å². The van der Waals surface area contributed by atoms with E-state index in [1.165, 1.54) is 205 Å². The van der Waals surface area contributed by atoms with Crippen LogP contribution >= 0.6 is 0 Å². The van der Waals surface area contributed by atoms with Crippen molar-refractivity contribution in [2.45, 2.75) is 322 Å². The van der Waals surface area contributed by atoms with E-state index in [4.69, 9.17) is 14.2 Å². The molecule has 0 heterocycles. The minimum absolute atomic E-state index is 0.0763. The molecule has 0 bridgehead atoms. The molecule has 69 heavy (non-hydrogen) atoms. The Kier molecular flexibility index (Phi) is 55.7. The van der Waals surface area contributed by atoms with Gasteiger partial charge in [-0.2, -0.15) is 0 Å². The fourth-order valence-electron chi connectivity index (χ4n) is 8.69. The zero-order chi connectivity index (χ0) is 50.0. The lowest BCUT2D eigenvalue weighted by atomic mass is 10.0. The topological polar surface area (TPSA) is 78.9 Å². The van der Waals surface area contributed by atoms with Gasteiger partial charge in [0.25, 0.3) is 0 Å². The van der Waals surface area contributed by atoms with Crippen molar-refractivity contribution >= 4 is 17.9 Å². The van der Waals surface area contributed by atoms with Crippen LogP contribution in [-0.2, 0) is 28.6 Å². The molecule has 0 amide bonds. The van der Waals surface area contributed by atoms with Crippen LogP contribution in [0, 0.1) is 0 Å². The van der Waals surface area contributed by atoms with Gasteiger partial charge >= 0.3 is 17.9 Å². The second kappa shape index (κ2) is 57.9.